The van der Waals surface area contributed by atoms with E-state index >= 15 is 0 Å². The van der Waals surface area contributed by atoms with Crippen molar-refractivity contribution in [1.29, 1.82) is 5.26 Å². The highest BCUT2D eigenvalue weighted by atomic mass is 35.5. The third-order valence-corrected chi connectivity index (χ3v) is 4.56. The van der Waals surface area contributed by atoms with E-state index < -0.39 is 11.8 Å². The Morgan fingerprint density at radius 3 is 2.48 bits per heavy atom. The highest BCUT2D eigenvalue weighted by molar-refractivity contribution is 7.99. The number of nitriles is 1. The van der Waals surface area contributed by atoms with Gasteiger partial charge in [0.05, 0.1) is 12.0 Å². The van der Waals surface area contributed by atoms with E-state index in [1.54, 1.807) is 24.3 Å². The number of nitrogens with one attached hydrogen (secondary N) is 1. The van der Waals surface area contributed by atoms with Crippen LogP contribution in [0.3, 0.4) is 0 Å². The van der Waals surface area contributed by atoms with E-state index in [2.05, 4.69) is 5.32 Å². The Balaban J connectivity index is 3.08. The summed E-state index contributed by atoms with van der Waals surface area (Å²) in [5.74, 6) is -0.981. The van der Waals surface area contributed by atoms with Crippen LogP contribution in [0.4, 0.5) is 0 Å². The van der Waals surface area contributed by atoms with Crippen molar-refractivity contribution < 1.29 is 9.59 Å². The number of rotatable bonds is 7. The van der Waals surface area contributed by atoms with Crippen LogP contribution in [0, 0.1) is 11.3 Å². The van der Waals surface area contributed by atoms with E-state index in [-0.39, 0.29) is 17.7 Å². The lowest BCUT2D eigenvalue weighted by Crippen LogP contribution is -2.35. The third kappa shape index (κ3) is 4.66. The number of nitrogens with two attached hydrogens (primary N) is 1. The molecule has 0 saturated heterocycles. The standard InChI is InChI=1S/C14H16ClN3O2S/c1-21-11(8-15)12(14(20)18-7-6-16)9-2-4-10(5-3-9)13(17)19/h2-5,11-12H,7-8H2,1H3,(H2,17,19)(H,18,20). The van der Waals surface area contributed by atoms with E-state index in [1.165, 1.54) is 11.8 Å². The van der Waals surface area contributed by atoms with Gasteiger partial charge < -0.3 is 11.1 Å². The molecule has 0 aliphatic rings. The van der Waals surface area contributed by atoms with E-state index in [4.69, 9.17) is 22.6 Å². The van der Waals surface area contributed by atoms with Gasteiger partial charge in [-0.2, -0.15) is 17.0 Å². The summed E-state index contributed by atoms with van der Waals surface area (Å²) in [6.07, 6.45) is 1.87. The maximum Gasteiger partial charge on any atom is 0.248 e. The third-order valence-electron chi connectivity index (χ3n) is 3.01. The molecule has 7 heteroatoms. The van der Waals surface area contributed by atoms with Crippen molar-refractivity contribution >= 4 is 35.2 Å². The summed E-state index contributed by atoms with van der Waals surface area (Å²) in [7, 11) is 0. The number of primary amides is 1. The fourth-order valence-corrected chi connectivity index (χ4v) is 3.15. The Morgan fingerprint density at radius 2 is 2.05 bits per heavy atom. The molecule has 21 heavy (non-hydrogen) atoms. The van der Waals surface area contributed by atoms with Gasteiger partial charge in [0.15, 0.2) is 0 Å². The van der Waals surface area contributed by atoms with Gasteiger partial charge in [-0.3, -0.25) is 9.59 Å². The van der Waals surface area contributed by atoms with Crippen molar-refractivity contribution in [2.24, 2.45) is 5.73 Å². The number of nitrogens with zero attached hydrogens (tertiary/aromatic N) is 1. The summed E-state index contributed by atoms with van der Waals surface area (Å²) in [5.41, 5.74) is 6.31. The van der Waals surface area contributed by atoms with Crippen LogP contribution in [-0.2, 0) is 4.79 Å². The molecule has 2 atom stereocenters. The lowest BCUT2D eigenvalue weighted by atomic mass is 9.94. The lowest BCUT2D eigenvalue weighted by molar-refractivity contribution is -0.122. The molecule has 0 fully saturated rings. The number of hydrogen-bond donors (Lipinski definition) is 2. The second-order valence-electron chi connectivity index (χ2n) is 4.27. The van der Waals surface area contributed by atoms with Crippen molar-refractivity contribution in [2.75, 3.05) is 18.7 Å². The molecule has 2 amide bonds. The maximum atomic E-state index is 12.3. The first-order valence-corrected chi connectivity index (χ1v) is 8.00. The van der Waals surface area contributed by atoms with Crippen molar-refractivity contribution in [2.45, 2.75) is 11.2 Å². The number of amides is 2. The van der Waals surface area contributed by atoms with Gasteiger partial charge in [0.25, 0.3) is 0 Å². The average molecular weight is 326 g/mol. The predicted molar refractivity (Wildman–Crippen MR) is 84.3 cm³/mol. The van der Waals surface area contributed by atoms with Crippen molar-refractivity contribution in [3.05, 3.63) is 35.4 Å². The molecule has 2 unspecified atom stereocenters. The van der Waals surface area contributed by atoms with E-state index in [9.17, 15) is 9.59 Å². The van der Waals surface area contributed by atoms with Crippen molar-refractivity contribution in [3.63, 3.8) is 0 Å². The van der Waals surface area contributed by atoms with Gasteiger partial charge in [0.1, 0.15) is 6.54 Å². The molecule has 0 radical (unpaired) electrons. The first-order chi connectivity index (χ1) is 10.0. The first-order valence-electron chi connectivity index (χ1n) is 6.18. The zero-order valence-electron chi connectivity index (χ0n) is 11.5. The van der Waals surface area contributed by atoms with Crippen LogP contribution in [0.25, 0.3) is 0 Å². The molecule has 0 aromatic heterocycles. The maximum absolute atomic E-state index is 12.3. The zero-order valence-corrected chi connectivity index (χ0v) is 13.1. The van der Waals surface area contributed by atoms with Crippen molar-refractivity contribution in [3.8, 4) is 6.07 Å². The molecule has 0 saturated carbocycles. The van der Waals surface area contributed by atoms with Crippen molar-refractivity contribution in [1.82, 2.24) is 5.32 Å². The summed E-state index contributed by atoms with van der Waals surface area (Å²) in [6, 6.07) is 8.40. The number of carbonyl (C=O) groups excluding carboxylic acids is 2. The minimum atomic E-state index is -0.522. The SMILES string of the molecule is CSC(CCl)C(C(=O)NCC#N)c1ccc(C(N)=O)cc1. The number of halogens is 1. The Kier molecular flexibility index (Phi) is 7.06. The highest BCUT2D eigenvalue weighted by Crippen LogP contribution is 2.29. The van der Waals surface area contributed by atoms with E-state index in [0.717, 1.165) is 5.56 Å². The Bertz CT molecular complexity index is 538. The van der Waals surface area contributed by atoms with Crippen LogP contribution in [0.1, 0.15) is 21.8 Å². The fourth-order valence-electron chi connectivity index (χ4n) is 1.91. The molecule has 112 valence electrons. The molecular weight excluding hydrogens is 310 g/mol. The molecule has 0 spiro atoms. The first kappa shape index (κ1) is 17.3. The van der Waals surface area contributed by atoms with Crippen LogP contribution in [0.5, 0.6) is 0 Å². The van der Waals surface area contributed by atoms with E-state index in [0.29, 0.717) is 11.4 Å². The van der Waals surface area contributed by atoms with Crippen LogP contribution in [0.2, 0.25) is 0 Å². The van der Waals surface area contributed by atoms with Gasteiger partial charge in [-0.1, -0.05) is 12.1 Å². The fraction of sp³-hybridized carbons (Fsp3) is 0.357. The number of thioether (sulfide) groups is 1. The second kappa shape index (κ2) is 8.55. The summed E-state index contributed by atoms with van der Waals surface area (Å²) >= 11 is 7.41. The second-order valence-corrected chi connectivity index (χ2v) is 5.65. The molecule has 0 aliphatic heterocycles. The zero-order chi connectivity index (χ0) is 15.8. The molecule has 1 aromatic rings. The Hall–Kier alpha value is -1.71. The molecule has 0 heterocycles. The Labute approximate surface area is 132 Å². The normalized spacial score (nSPS) is 13.0. The van der Waals surface area contributed by atoms with Gasteiger partial charge in [0.2, 0.25) is 11.8 Å². The summed E-state index contributed by atoms with van der Waals surface area (Å²) in [6.45, 7) is -0.0575. The van der Waals surface area contributed by atoms with Gasteiger partial charge in [-0.25, -0.2) is 0 Å². The minimum Gasteiger partial charge on any atom is -0.366 e. The van der Waals surface area contributed by atoms with Crippen LogP contribution in [0.15, 0.2) is 24.3 Å². The molecular formula is C14H16ClN3O2S. The summed E-state index contributed by atoms with van der Waals surface area (Å²) in [5, 5.41) is 11.0. The topological polar surface area (TPSA) is 96.0 Å². The largest absolute Gasteiger partial charge is 0.366 e. The Morgan fingerprint density at radius 1 is 1.43 bits per heavy atom. The summed E-state index contributed by atoms with van der Waals surface area (Å²) in [4.78, 5) is 23.3. The van der Waals surface area contributed by atoms with Gasteiger partial charge in [0, 0.05) is 16.7 Å². The number of alkyl halides is 1. The van der Waals surface area contributed by atoms with Gasteiger partial charge in [-0.05, 0) is 24.0 Å². The van der Waals surface area contributed by atoms with Gasteiger partial charge >= 0.3 is 0 Å². The molecule has 0 bridgehead atoms. The lowest BCUT2D eigenvalue weighted by Gasteiger charge is -2.23. The average Bonchev–Trinajstić information content (AvgIpc) is 2.50. The van der Waals surface area contributed by atoms with Gasteiger partial charge in [-0.15, -0.1) is 11.6 Å². The number of hydrogen-bond acceptors (Lipinski definition) is 4. The van der Waals surface area contributed by atoms with Crippen LogP contribution < -0.4 is 11.1 Å². The molecule has 3 N–H and O–H groups in total. The van der Waals surface area contributed by atoms with Crippen LogP contribution >= 0.6 is 23.4 Å². The molecule has 1 rings (SSSR count). The smallest absolute Gasteiger partial charge is 0.248 e. The number of benzene rings is 1. The molecule has 0 aliphatic carbocycles. The molecule has 5 nitrogen and oxygen atoms in total. The predicted octanol–water partition coefficient (Wildman–Crippen LogP) is 1.48. The summed E-state index contributed by atoms with van der Waals surface area (Å²) < 4.78 is 0. The molecule has 1 aromatic carbocycles. The van der Waals surface area contributed by atoms with E-state index in [1.807, 2.05) is 12.3 Å². The quantitative estimate of drug-likeness (QED) is 0.586. The monoisotopic (exact) mass is 325 g/mol. The van der Waals surface area contributed by atoms with Crippen LogP contribution in [-0.4, -0.2) is 35.7 Å². The highest BCUT2D eigenvalue weighted by Gasteiger charge is 2.28. The number of carbonyl (C=O) groups is 2. The minimum absolute atomic E-state index is 0.0575.